The first kappa shape index (κ1) is 33.4. The number of carbonyl (C=O) groups excluding carboxylic acids is 3. The van der Waals surface area contributed by atoms with Crippen LogP contribution < -0.4 is 14.8 Å². The second-order valence-electron chi connectivity index (χ2n) is 8.46. The highest BCUT2D eigenvalue weighted by atomic mass is 35.5. The number of nitrogens with zero attached hydrogens (tertiary/aromatic N) is 2. The van der Waals surface area contributed by atoms with E-state index in [1.165, 1.54) is 17.1 Å². The Hall–Kier alpha value is -3.81. The Labute approximate surface area is 236 Å². The molecule has 2 aromatic carbocycles. The molecule has 224 valence electrons. The minimum Gasteiger partial charge on any atom is -0.493 e. The lowest BCUT2D eigenvalue weighted by Crippen LogP contribution is -2.36. The highest BCUT2D eigenvalue weighted by molar-refractivity contribution is 6.64. The molecule has 1 heterocycles. The van der Waals surface area contributed by atoms with Crippen LogP contribution in [0.15, 0.2) is 47.6 Å². The van der Waals surface area contributed by atoms with Crippen molar-refractivity contribution in [3.63, 3.8) is 0 Å². The molecule has 0 aliphatic carbocycles. The van der Waals surface area contributed by atoms with Gasteiger partial charge in [0.2, 0.25) is 5.91 Å². The van der Waals surface area contributed by atoms with E-state index in [0.717, 1.165) is 17.7 Å². The van der Waals surface area contributed by atoms with Gasteiger partial charge in [-0.25, -0.2) is 5.01 Å². The molecule has 1 unspecified atom stereocenters. The van der Waals surface area contributed by atoms with Gasteiger partial charge in [0, 0.05) is 23.6 Å². The Balaban J connectivity index is 0.000000745. The van der Waals surface area contributed by atoms with Gasteiger partial charge in [-0.3, -0.25) is 14.4 Å². The fourth-order valence-electron chi connectivity index (χ4n) is 3.61. The fourth-order valence-corrected chi connectivity index (χ4v) is 3.61. The molecule has 0 fully saturated rings. The van der Waals surface area contributed by atoms with E-state index in [1.807, 2.05) is 26.0 Å². The number of alkyl halides is 6. The maximum atomic E-state index is 12.7. The summed E-state index contributed by atoms with van der Waals surface area (Å²) in [4.78, 5) is 32.9. The molecule has 0 radical (unpaired) electrons. The second kappa shape index (κ2) is 14.2. The van der Waals surface area contributed by atoms with E-state index < -0.39 is 23.5 Å². The number of rotatable bonds is 8. The summed E-state index contributed by atoms with van der Waals surface area (Å²) in [5.74, 6) is -1.08. The second-order valence-corrected chi connectivity index (χ2v) is 8.81. The van der Waals surface area contributed by atoms with Crippen LogP contribution in [0.3, 0.4) is 0 Å². The van der Waals surface area contributed by atoms with E-state index in [1.54, 1.807) is 30.6 Å². The number of hydrogen-bond acceptors (Lipinski definition) is 6. The first-order valence-corrected chi connectivity index (χ1v) is 12.4. The molecule has 2 amide bonds. The zero-order valence-corrected chi connectivity index (χ0v) is 22.8. The molecule has 1 atom stereocenters. The van der Waals surface area contributed by atoms with E-state index in [2.05, 4.69) is 16.7 Å². The number of nitrogens with one attached hydrogen (secondary N) is 1. The van der Waals surface area contributed by atoms with Crippen molar-refractivity contribution in [3.8, 4) is 11.5 Å². The summed E-state index contributed by atoms with van der Waals surface area (Å²) in [5.41, 5.74) is 2.23. The van der Waals surface area contributed by atoms with Crippen molar-refractivity contribution in [2.24, 2.45) is 11.0 Å². The van der Waals surface area contributed by atoms with Crippen molar-refractivity contribution in [1.82, 2.24) is 5.01 Å². The van der Waals surface area contributed by atoms with Crippen LogP contribution in [0.25, 0.3) is 0 Å². The van der Waals surface area contributed by atoms with Crippen LogP contribution in [0.2, 0.25) is 0 Å². The lowest BCUT2D eigenvalue weighted by molar-refractivity contribution is -0.167. The van der Waals surface area contributed by atoms with Crippen molar-refractivity contribution in [3.05, 3.63) is 53.6 Å². The Morgan fingerprint density at radius 3 is 2.12 bits per heavy atom. The molecule has 1 aliphatic rings. The number of carbonyl (C=O) groups is 3. The summed E-state index contributed by atoms with van der Waals surface area (Å²) >= 11 is 3.99. The van der Waals surface area contributed by atoms with Gasteiger partial charge in [-0.05, 0) is 60.8 Å². The third-order valence-electron chi connectivity index (χ3n) is 5.60. The highest BCUT2D eigenvalue weighted by Gasteiger charge is 2.39. The van der Waals surface area contributed by atoms with Crippen molar-refractivity contribution >= 4 is 40.1 Å². The smallest absolute Gasteiger partial charge is 0.471 e. The molecule has 0 aromatic heterocycles. The van der Waals surface area contributed by atoms with E-state index >= 15 is 0 Å². The largest absolute Gasteiger partial charge is 0.493 e. The summed E-state index contributed by atoms with van der Waals surface area (Å²) < 4.78 is 80.4. The molecule has 3 rings (SSSR count). The molecule has 1 aliphatic heterocycles. The average molecular weight is 610 g/mol. The van der Waals surface area contributed by atoms with E-state index in [9.17, 15) is 35.9 Å². The van der Waals surface area contributed by atoms with Crippen molar-refractivity contribution in [2.45, 2.75) is 45.6 Å². The van der Waals surface area contributed by atoms with Gasteiger partial charge in [0.25, 0.3) is 0 Å². The van der Waals surface area contributed by atoms with Crippen LogP contribution in [0.5, 0.6) is 11.5 Å². The molecular weight excluding hydrogens is 584 g/mol. The number of hydrazone groups is 1. The number of methoxy groups -OCH3 is 1. The van der Waals surface area contributed by atoms with Crippen LogP contribution in [0.4, 0.5) is 32.0 Å². The lowest BCUT2D eigenvalue weighted by atomic mass is 9.89. The molecular formula is C26H26ClF6N3O5. The van der Waals surface area contributed by atoms with Crippen LogP contribution in [0, 0.1) is 5.92 Å². The standard InChI is InChI=1S/C24H26F3N3O4.C2ClF3O/c1-4-16-13-21(31)30(14-15-6-9-18(10-7-15)28-23(32)24(25,26)27)29-22(16)17-8-11-19(33-3)20(12-17)34-5-2;3-1(7)2(4,5)6/h6-12,16H,4-5,13-14H2,1-3H3,(H,28,32);. The molecule has 2 aromatic rings. The maximum Gasteiger partial charge on any atom is 0.471 e. The topological polar surface area (TPSA) is 97.3 Å². The van der Waals surface area contributed by atoms with Crippen molar-refractivity contribution in [2.75, 3.05) is 19.0 Å². The molecule has 0 saturated heterocycles. The molecule has 0 spiro atoms. The predicted molar refractivity (Wildman–Crippen MR) is 138 cm³/mol. The number of benzene rings is 2. The third-order valence-corrected chi connectivity index (χ3v) is 5.81. The maximum absolute atomic E-state index is 12.7. The molecule has 0 bridgehead atoms. The number of anilines is 1. The molecule has 8 nitrogen and oxygen atoms in total. The van der Waals surface area contributed by atoms with Crippen LogP contribution in [-0.2, 0) is 20.9 Å². The molecule has 41 heavy (non-hydrogen) atoms. The SMILES string of the molecule is CCOc1cc(C2=NN(Cc3ccc(NC(=O)C(F)(F)F)cc3)C(=O)CC2CC)ccc1OC.O=C(Cl)C(F)(F)F. The predicted octanol–water partition coefficient (Wildman–Crippen LogP) is 6.07. The Morgan fingerprint density at radius 2 is 1.63 bits per heavy atom. The highest BCUT2D eigenvalue weighted by Crippen LogP contribution is 2.32. The number of hydrogen-bond donors (Lipinski definition) is 1. The first-order chi connectivity index (χ1) is 19.1. The van der Waals surface area contributed by atoms with Gasteiger partial charge in [-0.2, -0.15) is 31.4 Å². The van der Waals surface area contributed by atoms with Gasteiger partial charge in [-0.1, -0.05) is 19.1 Å². The summed E-state index contributed by atoms with van der Waals surface area (Å²) in [6, 6.07) is 11.3. The van der Waals surface area contributed by atoms with E-state index in [4.69, 9.17) is 14.3 Å². The van der Waals surface area contributed by atoms with Gasteiger partial charge in [0.1, 0.15) is 0 Å². The first-order valence-electron chi connectivity index (χ1n) is 12.0. The number of halogens is 7. The van der Waals surface area contributed by atoms with Gasteiger partial charge in [-0.15, -0.1) is 0 Å². The molecule has 1 N–H and O–H groups in total. The average Bonchev–Trinajstić information content (AvgIpc) is 2.90. The van der Waals surface area contributed by atoms with Crippen LogP contribution >= 0.6 is 11.6 Å². The Kier molecular flexibility index (Phi) is 11.6. The van der Waals surface area contributed by atoms with E-state index in [0.29, 0.717) is 23.7 Å². The monoisotopic (exact) mass is 609 g/mol. The van der Waals surface area contributed by atoms with Gasteiger partial charge in [0.05, 0.1) is 26.0 Å². The summed E-state index contributed by atoms with van der Waals surface area (Å²) in [6.07, 6.45) is -8.84. The number of ether oxygens (including phenoxy) is 2. The Morgan fingerprint density at radius 1 is 1.02 bits per heavy atom. The minimum absolute atomic E-state index is 0.00738. The summed E-state index contributed by atoms with van der Waals surface area (Å²) in [7, 11) is 1.56. The molecule has 0 saturated carbocycles. The minimum atomic E-state index is -4.97. The fraction of sp³-hybridized carbons (Fsp3) is 0.385. The quantitative estimate of drug-likeness (QED) is 0.289. The van der Waals surface area contributed by atoms with Crippen molar-refractivity contribution in [1.29, 1.82) is 0 Å². The van der Waals surface area contributed by atoms with Gasteiger partial charge >= 0.3 is 23.5 Å². The van der Waals surface area contributed by atoms with Gasteiger partial charge < -0.3 is 14.8 Å². The Bertz CT molecular complexity index is 1270. The van der Waals surface area contributed by atoms with Gasteiger partial charge in [0.15, 0.2) is 11.5 Å². The lowest BCUT2D eigenvalue weighted by Gasteiger charge is -2.29. The summed E-state index contributed by atoms with van der Waals surface area (Å²) in [6.45, 7) is 4.47. The normalized spacial score (nSPS) is 15.4. The zero-order chi connectivity index (χ0) is 31.0. The number of amides is 2. The van der Waals surface area contributed by atoms with Crippen LogP contribution in [0.1, 0.15) is 37.8 Å². The van der Waals surface area contributed by atoms with Crippen LogP contribution in [-0.4, -0.2) is 53.8 Å². The third kappa shape index (κ3) is 9.66. The zero-order valence-electron chi connectivity index (χ0n) is 22.0. The van der Waals surface area contributed by atoms with Crippen molar-refractivity contribution < 1.29 is 50.2 Å². The van der Waals surface area contributed by atoms with E-state index in [-0.39, 0.29) is 30.5 Å². The molecule has 15 heteroatoms. The summed E-state index contributed by atoms with van der Waals surface area (Å²) in [5, 5.41) is 5.49.